The first-order valence-electron chi connectivity index (χ1n) is 10.4. The summed E-state index contributed by atoms with van der Waals surface area (Å²) in [6.45, 7) is 6.65. The maximum atomic E-state index is 13.0. The summed E-state index contributed by atoms with van der Waals surface area (Å²) in [6, 6.07) is 9.59. The van der Waals surface area contributed by atoms with Crippen LogP contribution in [0, 0.1) is 5.92 Å². The molecule has 2 amide bonds. The third-order valence-electron chi connectivity index (χ3n) is 6.05. The fourth-order valence-corrected chi connectivity index (χ4v) is 5.79. The topological polar surface area (TPSA) is 40.6 Å². The second-order valence-electron chi connectivity index (χ2n) is 7.69. The van der Waals surface area contributed by atoms with E-state index in [2.05, 4.69) is 23.6 Å². The van der Waals surface area contributed by atoms with Crippen LogP contribution in [0.1, 0.15) is 62.7 Å². The van der Waals surface area contributed by atoms with Crippen LogP contribution in [-0.4, -0.2) is 51.9 Å². The largest absolute Gasteiger partial charge is 0.342 e. The van der Waals surface area contributed by atoms with Gasteiger partial charge in [-0.15, -0.1) is 11.8 Å². The number of benzene rings is 1. The zero-order valence-corrected chi connectivity index (χ0v) is 17.5. The normalized spacial score (nSPS) is 20.1. The van der Waals surface area contributed by atoms with Crippen molar-refractivity contribution in [3.63, 3.8) is 0 Å². The summed E-state index contributed by atoms with van der Waals surface area (Å²) in [4.78, 5) is 30.0. The predicted octanol–water partition coefficient (Wildman–Crippen LogP) is 4.41. The average Bonchev–Trinajstić information content (AvgIpc) is 3.12. The van der Waals surface area contributed by atoms with E-state index >= 15 is 0 Å². The number of likely N-dealkylation sites (tertiary alicyclic amines) is 1. The van der Waals surface area contributed by atoms with Gasteiger partial charge in [0.1, 0.15) is 0 Å². The van der Waals surface area contributed by atoms with E-state index in [1.165, 1.54) is 0 Å². The summed E-state index contributed by atoms with van der Waals surface area (Å²) >= 11 is 1.91. The average molecular weight is 389 g/mol. The Morgan fingerprint density at radius 2 is 1.81 bits per heavy atom. The maximum absolute atomic E-state index is 13.0. The highest BCUT2D eigenvalue weighted by Gasteiger charge is 2.47. The Hall–Kier alpha value is -1.49. The van der Waals surface area contributed by atoms with E-state index < -0.39 is 0 Å². The van der Waals surface area contributed by atoms with Crippen LogP contribution >= 0.6 is 11.8 Å². The lowest BCUT2D eigenvalue weighted by Gasteiger charge is -2.44. The number of carbonyl (C=O) groups is 2. The lowest BCUT2D eigenvalue weighted by Crippen LogP contribution is -2.54. The number of hydrogen-bond donors (Lipinski definition) is 0. The molecule has 0 radical (unpaired) electrons. The molecule has 0 saturated carbocycles. The van der Waals surface area contributed by atoms with Gasteiger partial charge in [-0.25, -0.2) is 0 Å². The molecule has 0 aromatic heterocycles. The zero-order valence-electron chi connectivity index (χ0n) is 16.7. The summed E-state index contributed by atoms with van der Waals surface area (Å²) < 4.78 is 0. The van der Waals surface area contributed by atoms with E-state index in [0.29, 0.717) is 5.91 Å². The molecule has 2 heterocycles. The monoisotopic (exact) mass is 388 g/mol. The first-order valence-corrected chi connectivity index (χ1v) is 11.4. The Labute approximate surface area is 167 Å². The molecule has 0 N–H and O–H groups in total. The van der Waals surface area contributed by atoms with Crippen LogP contribution < -0.4 is 0 Å². The molecule has 2 saturated heterocycles. The minimum absolute atomic E-state index is 0.130. The molecule has 1 unspecified atom stereocenters. The molecule has 0 bridgehead atoms. The number of carbonyl (C=O) groups excluding carboxylic acids is 2. The highest BCUT2D eigenvalue weighted by atomic mass is 32.2. The smallest absolute Gasteiger partial charge is 0.254 e. The van der Waals surface area contributed by atoms with Gasteiger partial charge in [-0.05, 0) is 37.8 Å². The molecule has 3 rings (SSSR count). The van der Waals surface area contributed by atoms with Crippen LogP contribution in [0.3, 0.4) is 0 Å². The van der Waals surface area contributed by atoms with Gasteiger partial charge in [0, 0.05) is 36.9 Å². The number of piperidine rings is 1. The SMILES string of the molecule is CCCCC(CC)C(=O)N1CCC2(CC1)SCCN2C(=O)c1ccccc1. The molecule has 1 atom stereocenters. The van der Waals surface area contributed by atoms with E-state index in [-0.39, 0.29) is 16.7 Å². The van der Waals surface area contributed by atoms with E-state index in [9.17, 15) is 9.59 Å². The van der Waals surface area contributed by atoms with Crippen molar-refractivity contribution in [1.29, 1.82) is 0 Å². The highest BCUT2D eigenvalue weighted by Crippen LogP contribution is 2.44. The second kappa shape index (κ2) is 9.13. The van der Waals surface area contributed by atoms with E-state index in [1.807, 2.05) is 42.1 Å². The van der Waals surface area contributed by atoms with Crippen LogP contribution in [0.25, 0.3) is 0 Å². The molecule has 2 fully saturated rings. The van der Waals surface area contributed by atoms with Gasteiger partial charge >= 0.3 is 0 Å². The number of unbranched alkanes of at least 4 members (excludes halogenated alkanes) is 1. The van der Waals surface area contributed by atoms with Gasteiger partial charge in [0.25, 0.3) is 5.91 Å². The van der Waals surface area contributed by atoms with Crippen LogP contribution in [0.5, 0.6) is 0 Å². The molecule has 0 aliphatic carbocycles. The molecule has 148 valence electrons. The molecular formula is C22H32N2O2S. The molecule has 1 spiro atoms. The quantitative estimate of drug-likeness (QED) is 0.725. The Bertz CT molecular complexity index is 641. The lowest BCUT2D eigenvalue weighted by atomic mass is 9.95. The van der Waals surface area contributed by atoms with Gasteiger partial charge in [-0.3, -0.25) is 9.59 Å². The lowest BCUT2D eigenvalue weighted by molar-refractivity contribution is -0.137. The van der Waals surface area contributed by atoms with E-state index in [4.69, 9.17) is 0 Å². The number of nitrogens with zero attached hydrogens (tertiary/aromatic N) is 2. The van der Waals surface area contributed by atoms with Crippen molar-refractivity contribution < 1.29 is 9.59 Å². The molecule has 5 heteroatoms. The molecule has 2 aliphatic rings. The van der Waals surface area contributed by atoms with Gasteiger partial charge in [0.15, 0.2) is 0 Å². The van der Waals surface area contributed by atoms with Crippen molar-refractivity contribution >= 4 is 23.6 Å². The van der Waals surface area contributed by atoms with Gasteiger partial charge in [-0.2, -0.15) is 0 Å². The van der Waals surface area contributed by atoms with Crippen LogP contribution in [-0.2, 0) is 4.79 Å². The van der Waals surface area contributed by atoms with Gasteiger partial charge in [0.2, 0.25) is 5.91 Å². The molecular weight excluding hydrogens is 356 g/mol. The summed E-state index contributed by atoms with van der Waals surface area (Å²) in [7, 11) is 0. The van der Waals surface area contributed by atoms with E-state index in [0.717, 1.165) is 69.5 Å². The van der Waals surface area contributed by atoms with Crippen molar-refractivity contribution in [3.05, 3.63) is 35.9 Å². The number of hydrogen-bond acceptors (Lipinski definition) is 3. The van der Waals surface area contributed by atoms with Gasteiger partial charge in [-0.1, -0.05) is 44.9 Å². The maximum Gasteiger partial charge on any atom is 0.254 e. The van der Waals surface area contributed by atoms with Crippen molar-refractivity contribution in [2.45, 2.75) is 57.2 Å². The first kappa shape index (κ1) is 20.2. The van der Waals surface area contributed by atoms with Crippen molar-refractivity contribution in [2.24, 2.45) is 5.92 Å². The molecule has 1 aromatic carbocycles. The van der Waals surface area contributed by atoms with Crippen molar-refractivity contribution in [1.82, 2.24) is 9.80 Å². The van der Waals surface area contributed by atoms with Crippen molar-refractivity contribution in [3.8, 4) is 0 Å². The fourth-order valence-electron chi connectivity index (χ4n) is 4.33. The number of rotatable bonds is 6. The minimum atomic E-state index is -0.130. The number of thioether (sulfide) groups is 1. The second-order valence-corrected chi connectivity index (χ2v) is 9.15. The summed E-state index contributed by atoms with van der Waals surface area (Å²) in [5.74, 6) is 1.61. The molecule has 4 nitrogen and oxygen atoms in total. The minimum Gasteiger partial charge on any atom is -0.342 e. The summed E-state index contributed by atoms with van der Waals surface area (Å²) in [5.41, 5.74) is 0.767. The Balaban J connectivity index is 1.64. The first-order chi connectivity index (χ1) is 13.1. The predicted molar refractivity (Wildman–Crippen MR) is 112 cm³/mol. The van der Waals surface area contributed by atoms with Crippen LogP contribution in [0.15, 0.2) is 30.3 Å². The van der Waals surface area contributed by atoms with Gasteiger partial charge in [0.05, 0.1) is 4.87 Å². The van der Waals surface area contributed by atoms with Gasteiger partial charge < -0.3 is 9.80 Å². The standard InChI is InChI=1S/C22H32N2O2S/c1-3-5-9-18(4-2)20(25)23-14-12-22(13-15-23)24(16-17-27-22)21(26)19-10-7-6-8-11-19/h6-8,10-11,18H,3-5,9,12-17H2,1-2H3. The Morgan fingerprint density at radius 3 is 2.44 bits per heavy atom. The highest BCUT2D eigenvalue weighted by molar-refractivity contribution is 8.00. The molecule has 2 aliphatic heterocycles. The summed E-state index contributed by atoms with van der Waals surface area (Å²) in [6.07, 6.45) is 5.95. The number of amides is 2. The molecule has 27 heavy (non-hydrogen) atoms. The third-order valence-corrected chi connectivity index (χ3v) is 7.60. The van der Waals surface area contributed by atoms with Crippen LogP contribution in [0.4, 0.5) is 0 Å². The molecule has 1 aromatic rings. The van der Waals surface area contributed by atoms with Crippen molar-refractivity contribution in [2.75, 3.05) is 25.4 Å². The third kappa shape index (κ3) is 4.34. The summed E-state index contributed by atoms with van der Waals surface area (Å²) in [5, 5.41) is 0. The zero-order chi connectivity index (χ0) is 19.3. The Morgan fingerprint density at radius 1 is 1.11 bits per heavy atom. The fraction of sp³-hybridized carbons (Fsp3) is 0.636. The van der Waals surface area contributed by atoms with Crippen LogP contribution in [0.2, 0.25) is 0 Å². The van der Waals surface area contributed by atoms with E-state index in [1.54, 1.807) is 0 Å². The Kier molecular flexibility index (Phi) is 6.85.